The van der Waals surface area contributed by atoms with Gasteiger partial charge in [-0.25, -0.2) is 0 Å². The monoisotopic (exact) mass is 279 g/mol. The third-order valence-corrected chi connectivity index (χ3v) is 3.25. The zero-order valence-electron chi connectivity index (χ0n) is 11.1. The Bertz CT molecular complexity index is 549. The number of likely N-dealkylation sites (N-methyl/N-ethyl adjacent to an activating group) is 1. The van der Waals surface area contributed by atoms with Gasteiger partial charge in [0.25, 0.3) is 0 Å². The van der Waals surface area contributed by atoms with Gasteiger partial charge in [0.15, 0.2) is 0 Å². The van der Waals surface area contributed by atoms with Gasteiger partial charge < -0.3 is 5.32 Å². The summed E-state index contributed by atoms with van der Waals surface area (Å²) in [5.74, 6) is 0. The fourth-order valence-corrected chi connectivity index (χ4v) is 2.17. The van der Waals surface area contributed by atoms with Crippen LogP contribution in [0.25, 0.3) is 0 Å². The molecule has 0 fully saturated rings. The molecule has 20 heavy (non-hydrogen) atoms. The Morgan fingerprint density at radius 1 is 1.00 bits per heavy atom. The van der Waals surface area contributed by atoms with Crippen molar-refractivity contribution in [1.82, 2.24) is 5.32 Å². The van der Waals surface area contributed by atoms with Crippen molar-refractivity contribution < 1.29 is 13.2 Å². The first-order chi connectivity index (χ1) is 9.50. The molecule has 0 aliphatic heterocycles. The minimum absolute atomic E-state index is 0.139. The van der Waals surface area contributed by atoms with Gasteiger partial charge in [0, 0.05) is 6.04 Å². The maximum atomic E-state index is 12.7. The van der Waals surface area contributed by atoms with E-state index in [0.717, 1.165) is 11.6 Å². The first kappa shape index (κ1) is 14.6. The molecule has 2 aromatic carbocycles. The quantitative estimate of drug-likeness (QED) is 0.884. The summed E-state index contributed by atoms with van der Waals surface area (Å²) in [6, 6.07) is 15.1. The predicted molar refractivity (Wildman–Crippen MR) is 73.4 cm³/mol. The Balaban J connectivity index is 2.24. The molecule has 2 rings (SSSR count). The van der Waals surface area contributed by atoms with E-state index in [1.165, 1.54) is 12.1 Å². The summed E-state index contributed by atoms with van der Waals surface area (Å²) in [5.41, 5.74) is 1.12. The molecule has 0 saturated carbocycles. The second-order valence-electron chi connectivity index (χ2n) is 4.65. The van der Waals surface area contributed by atoms with Crippen LogP contribution in [0, 0.1) is 0 Å². The molecule has 0 heterocycles. The molecular formula is C16H16F3N. The second-order valence-corrected chi connectivity index (χ2v) is 4.65. The highest BCUT2D eigenvalue weighted by atomic mass is 19.4. The van der Waals surface area contributed by atoms with Gasteiger partial charge in [-0.1, -0.05) is 42.5 Å². The smallest absolute Gasteiger partial charge is 0.313 e. The van der Waals surface area contributed by atoms with E-state index in [1.54, 1.807) is 13.1 Å². The molecule has 0 saturated heterocycles. The molecule has 0 spiro atoms. The molecule has 2 aromatic rings. The van der Waals surface area contributed by atoms with Crippen LogP contribution >= 0.6 is 0 Å². The lowest BCUT2D eigenvalue weighted by atomic mass is 9.97. The van der Waals surface area contributed by atoms with Crippen molar-refractivity contribution in [2.24, 2.45) is 0 Å². The zero-order chi connectivity index (χ0) is 14.6. The lowest BCUT2D eigenvalue weighted by molar-refractivity contribution is -0.137. The van der Waals surface area contributed by atoms with E-state index in [0.29, 0.717) is 12.0 Å². The van der Waals surface area contributed by atoms with Gasteiger partial charge in [-0.15, -0.1) is 0 Å². The van der Waals surface area contributed by atoms with Gasteiger partial charge in [-0.05, 0) is 36.7 Å². The SMILES string of the molecule is CNC(Cc1ccccc1)c1cccc(C(F)(F)F)c1. The van der Waals surface area contributed by atoms with Crippen molar-refractivity contribution in [2.75, 3.05) is 7.05 Å². The van der Waals surface area contributed by atoms with E-state index < -0.39 is 11.7 Å². The zero-order valence-corrected chi connectivity index (χ0v) is 11.1. The summed E-state index contributed by atoms with van der Waals surface area (Å²) in [5, 5.41) is 3.08. The van der Waals surface area contributed by atoms with E-state index in [1.807, 2.05) is 30.3 Å². The largest absolute Gasteiger partial charge is 0.416 e. The van der Waals surface area contributed by atoms with Crippen LogP contribution in [0.5, 0.6) is 0 Å². The number of alkyl halides is 3. The molecule has 4 heteroatoms. The third kappa shape index (κ3) is 3.61. The first-order valence-electron chi connectivity index (χ1n) is 6.39. The molecule has 106 valence electrons. The summed E-state index contributed by atoms with van der Waals surface area (Å²) in [7, 11) is 1.76. The van der Waals surface area contributed by atoms with Crippen LogP contribution in [0.4, 0.5) is 13.2 Å². The lowest BCUT2D eigenvalue weighted by Crippen LogP contribution is -2.19. The van der Waals surface area contributed by atoms with Crippen LogP contribution in [0.3, 0.4) is 0 Å². The van der Waals surface area contributed by atoms with Gasteiger partial charge in [-0.2, -0.15) is 13.2 Å². The van der Waals surface area contributed by atoms with Crippen molar-refractivity contribution in [3.8, 4) is 0 Å². The van der Waals surface area contributed by atoms with Crippen LogP contribution in [-0.4, -0.2) is 7.05 Å². The highest BCUT2D eigenvalue weighted by Crippen LogP contribution is 2.31. The first-order valence-corrected chi connectivity index (χ1v) is 6.39. The third-order valence-electron chi connectivity index (χ3n) is 3.25. The molecule has 1 unspecified atom stereocenters. The summed E-state index contributed by atoms with van der Waals surface area (Å²) < 4.78 is 38.2. The van der Waals surface area contributed by atoms with Crippen molar-refractivity contribution in [2.45, 2.75) is 18.6 Å². The molecule has 0 radical (unpaired) electrons. The Morgan fingerprint density at radius 3 is 2.30 bits per heavy atom. The molecule has 0 bridgehead atoms. The fourth-order valence-electron chi connectivity index (χ4n) is 2.17. The molecule has 0 aliphatic carbocycles. The van der Waals surface area contributed by atoms with E-state index in [-0.39, 0.29) is 6.04 Å². The predicted octanol–water partition coefficient (Wildman–Crippen LogP) is 4.21. The topological polar surface area (TPSA) is 12.0 Å². The molecule has 0 aromatic heterocycles. The summed E-state index contributed by atoms with van der Waals surface area (Å²) in [6.45, 7) is 0. The summed E-state index contributed by atoms with van der Waals surface area (Å²) in [4.78, 5) is 0. The number of hydrogen-bond donors (Lipinski definition) is 1. The Labute approximate surface area is 116 Å². The van der Waals surface area contributed by atoms with Gasteiger partial charge in [0.05, 0.1) is 5.56 Å². The Morgan fingerprint density at radius 2 is 1.70 bits per heavy atom. The average molecular weight is 279 g/mol. The summed E-state index contributed by atoms with van der Waals surface area (Å²) in [6.07, 6.45) is -3.65. The van der Waals surface area contributed by atoms with E-state index in [9.17, 15) is 13.2 Å². The minimum atomic E-state index is -4.30. The van der Waals surface area contributed by atoms with Crippen LogP contribution in [0.15, 0.2) is 54.6 Å². The number of nitrogens with one attached hydrogen (secondary N) is 1. The lowest BCUT2D eigenvalue weighted by Gasteiger charge is -2.18. The molecule has 1 N–H and O–H groups in total. The van der Waals surface area contributed by atoms with Gasteiger partial charge in [0.1, 0.15) is 0 Å². The summed E-state index contributed by atoms with van der Waals surface area (Å²) >= 11 is 0. The van der Waals surface area contributed by atoms with E-state index in [4.69, 9.17) is 0 Å². The number of halogens is 3. The Kier molecular flexibility index (Phi) is 4.45. The van der Waals surface area contributed by atoms with Gasteiger partial charge in [0.2, 0.25) is 0 Å². The fraction of sp³-hybridized carbons (Fsp3) is 0.250. The van der Waals surface area contributed by atoms with Crippen LogP contribution in [-0.2, 0) is 12.6 Å². The highest BCUT2D eigenvalue weighted by Gasteiger charge is 2.30. The van der Waals surface area contributed by atoms with E-state index >= 15 is 0 Å². The maximum absolute atomic E-state index is 12.7. The van der Waals surface area contributed by atoms with Crippen molar-refractivity contribution in [3.63, 3.8) is 0 Å². The maximum Gasteiger partial charge on any atom is 0.416 e. The van der Waals surface area contributed by atoms with Crippen molar-refractivity contribution in [3.05, 3.63) is 71.3 Å². The second kappa shape index (κ2) is 6.09. The van der Waals surface area contributed by atoms with Crippen LogP contribution in [0.2, 0.25) is 0 Å². The van der Waals surface area contributed by atoms with Crippen LogP contribution < -0.4 is 5.32 Å². The molecule has 1 nitrogen and oxygen atoms in total. The number of benzene rings is 2. The molecule has 0 aliphatic rings. The Hall–Kier alpha value is -1.81. The van der Waals surface area contributed by atoms with Gasteiger partial charge >= 0.3 is 6.18 Å². The number of rotatable bonds is 4. The molecular weight excluding hydrogens is 263 g/mol. The van der Waals surface area contributed by atoms with Crippen LogP contribution in [0.1, 0.15) is 22.7 Å². The van der Waals surface area contributed by atoms with E-state index in [2.05, 4.69) is 5.32 Å². The number of hydrogen-bond acceptors (Lipinski definition) is 1. The average Bonchev–Trinajstić information content (AvgIpc) is 2.45. The van der Waals surface area contributed by atoms with Crippen molar-refractivity contribution >= 4 is 0 Å². The standard InChI is InChI=1S/C16H16F3N/c1-20-15(10-12-6-3-2-4-7-12)13-8-5-9-14(11-13)16(17,18)19/h2-9,11,15,20H,10H2,1H3. The molecule has 1 atom stereocenters. The van der Waals surface area contributed by atoms with Gasteiger partial charge in [-0.3, -0.25) is 0 Å². The molecule has 0 amide bonds. The minimum Gasteiger partial charge on any atom is -0.313 e. The highest BCUT2D eigenvalue weighted by molar-refractivity contribution is 5.29. The van der Waals surface area contributed by atoms with Crippen molar-refractivity contribution in [1.29, 1.82) is 0 Å². The normalized spacial score (nSPS) is 13.2.